The summed E-state index contributed by atoms with van der Waals surface area (Å²) in [5.41, 5.74) is 0. The molecule has 8 heteroatoms. The Kier molecular flexibility index (Phi) is 6.60. The van der Waals surface area contributed by atoms with E-state index in [1.807, 2.05) is 0 Å². The van der Waals surface area contributed by atoms with E-state index >= 15 is 0 Å². The average Bonchev–Trinajstić information content (AvgIpc) is 2.13. The highest BCUT2D eigenvalue weighted by molar-refractivity contribution is 5.80. The van der Waals surface area contributed by atoms with Crippen molar-refractivity contribution in [2.45, 2.75) is 19.3 Å². The first-order valence-corrected chi connectivity index (χ1v) is 4.28. The summed E-state index contributed by atoms with van der Waals surface area (Å²) in [5, 5.41) is 19.2. The highest BCUT2D eigenvalue weighted by Gasteiger charge is 2.03. The van der Waals surface area contributed by atoms with Gasteiger partial charge in [0, 0.05) is 6.42 Å². The van der Waals surface area contributed by atoms with Crippen molar-refractivity contribution in [2.75, 3.05) is 13.2 Å². The van der Waals surface area contributed by atoms with Crippen LogP contribution in [0.25, 0.3) is 0 Å². The Morgan fingerprint density at radius 2 is 2.07 bits per heavy atom. The molecule has 0 aromatic heterocycles. The lowest BCUT2D eigenvalue weighted by molar-refractivity contribution is -0.757. The molecule has 0 aliphatic carbocycles. The van der Waals surface area contributed by atoms with Crippen molar-refractivity contribution in [3.05, 3.63) is 10.1 Å². The number of nitrogens with zero attached hydrogens (tertiary/aromatic N) is 1. The molecular weight excluding hydrogens is 208 g/mol. The first-order valence-electron chi connectivity index (χ1n) is 4.28. The van der Waals surface area contributed by atoms with E-state index in [0.717, 1.165) is 0 Å². The quantitative estimate of drug-likeness (QED) is 0.325. The van der Waals surface area contributed by atoms with Gasteiger partial charge < -0.3 is 15.3 Å². The van der Waals surface area contributed by atoms with E-state index in [0.29, 0.717) is 12.8 Å². The monoisotopic (exact) mass is 220 g/mol. The maximum atomic E-state index is 10.9. The zero-order chi connectivity index (χ0) is 11.7. The van der Waals surface area contributed by atoms with Gasteiger partial charge in [0.05, 0.1) is 6.61 Å². The Labute approximate surface area is 85.3 Å². The number of unbranched alkanes of at least 4 members (excludes halogenated alkanes) is 1. The first-order chi connectivity index (χ1) is 7.02. The number of hydrogen-bond donors (Lipinski definition) is 2. The highest BCUT2D eigenvalue weighted by atomic mass is 16.9. The van der Waals surface area contributed by atoms with Crippen LogP contribution >= 0.6 is 0 Å². The fourth-order valence-electron chi connectivity index (χ4n) is 0.789. The zero-order valence-electron chi connectivity index (χ0n) is 7.97. The second-order valence-corrected chi connectivity index (χ2v) is 2.68. The topological polar surface area (TPSA) is 119 Å². The van der Waals surface area contributed by atoms with E-state index < -0.39 is 23.5 Å². The van der Waals surface area contributed by atoms with Gasteiger partial charge in [-0.05, 0) is 12.8 Å². The Bertz CT molecular complexity index is 242. The lowest BCUT2D eigenvalue weighted by Crippen LogP contribution is -2.28. The smallest absolute Gasteiger partial charge is 0.322 e. The van der Waals surface area contributed by atoms with Crippen LogP contribution in [0.4, 0.5) is 0 Å². The lowest BCUT2D eigenvalue weighted by Gasteiger charge is -2.01. The molecule has 86 valence electrons. The van der Waals surface area contributed by atoms with Crippen LogP contribution in [-0.2, 0) is 14.4 Å². The Morgan fingerprint density at radius 1 is 1.40 bits per heavy atom. The molecule has 1 amide bonds. The van der Waals surface area contributed by atoms with Gasteiger partial charge in [-0.2, -0.15) is 0 Å². The molecule has 0 aliphatic heterocycles. The number of carboxylic acids is 1. The van der Waals surface area contributed by atoms with Gasteiger partial charge >= 0.3 is 5.97 Å². The van der Waals surface area contributed by atoms with E-state index in [4.69, 9.17) is 5.11 Å². The van der Waals surface area contributed by atoms with Crippen molar-refractivity contribution in [3.8, 4) is 0 Å². The van der Waals surface area contributed by atoms with E-state index in [-0.39, 0.29) is 13.0 Å². The van der Waals surface area contributed by atoms with Crippen molar-refractivity contribution >= 4 is 11.9 Å². The predicted molar refractivity (Wildman–Crippen MR) is 47.4 cm³/mol. The SMILES string of the molecule is O=C(O)CNC(=O)CCCCO[N+](=O)[O-]. The second kappa shape index (κ2) is 7.54. The summed E-state index contributed by atoms with van der Waals surface area (Å²) in [6.45, 7) is -0.469. The number of carbonyl (C=O) groups is 2. The minimum Gasteiger partial charge on any atom is -0.480 e. The van der Waals surface area contributed by atoms with Crippen LogP contribution in [0.2, 0.25) is 0 Å². The van der Waals surface area contributed by atoms with Crippen LogP contribution in [0.5, 0.6) is 0 Å². The Morgan fingerprint density at radius 3 is 2.60 bits per heavy atom. The maximum absolute atomic E-state index is 10.9. The lowest BCUT2D eigenvalue weighted by atomic mass is 10.2. The number of amides is 1. The van der Waals surface area contributed by atoms with Crippen molar-refractivity contribution in [2.24, 2.45) is 0 Å². The number of rotatable bonds is 8. The standard InChI is InChI=1S/C7H12N2O6/c10-6(8-5-7(11)12)3-1-2-4-15-9(13)14/h1-5H2,(H,8,10)(H,11,12). The summed E-state index contributed by atoms with van der Waals surface area (Å²) < 4.78 is 0. The summed E-state index contributed by atoms with van der Waals surface area (Å²) in [5.74, 6) is -1.50. The normalized spacial score (nSPS) is 9.33. The van der Waals surface area contributed by atoms with Crippen molar-refractivity contribution < 1.29 is 24.6 Å². The van der Waals surface area contributed by atoms with Gasteiger partial charge in [-0.25, -0.2) is 0 Å². The molecule has 0 aromatic carbocycles. The number of aliphatic carboxylic acids is 1. The van der Waals surface area contributed by atoms with Gasteiger partial charge in [0.2, 0.25) is 5.91 Å². The summed E-state index contributed by atoms with van der Waals surface area (Å²) in [7, 11) is 0. The van der Waals surface area contributed by atoms with Crippen LogP contribution in [0, 0.1) is 10.1 Å². The molecule has 0 heterocycles. The van der Waals surface area contributed by atoms with Crippen LogP contribution in [0.3, 0.4) is 0 Å². The summed E-state index contributed by atoms with van der Waals surface area (Å²) in [6.07, 6.45) is 0.926. The highest BCUT2D eigenvalue weighted by Crippen LogP contribution is 1.95. The molecule has 0 rings (SSSR count). The summed E-state index contributed by atoms with van der Waals surface area (Å²) in [6, 6.07) is 0. The third-order valence-corrected chi connectivity index (χ3v) is 1.43. The molecule has 0 atom stereocenters. The van der Waals surface area contributed by atoms with Gasteiger partial charge in [-0.1, -0.05) is 0 Å². The molecule has 0 spiro atoms. The molecule has 15 heavy (non-hydrogen) atoms. The molecule has 0 saturated carbocycles. The average molecular weight is 220 g/mol. The van der Waals surface area contributed by atoms with Crippen LogP contribution in [0.1, 0.15) is 19.3 Å². The van der Waals surface area contributed by atoms with Crippen LogP contribution in [-0.4, -0.2) is 35.2 Å². The van der Waals surface area contributed by atoms with Crippen molar-refractivity contribution in [3.63, 3.8) is 0 Å². The third kappa shape index (κ3) is 10.1. The summed E-state index contributed by atoms with van der Waals surface area (Å²) in [4.78, 5) is 34.7. The number of carbonyl (C=O) groups excluding carboxylic acids is 1. The summed E-state index contributed by atoms with van der Waals surface area (Å²) >= 11 is 0. The minimum absolute atomic E-state index is 0.0563. The molecular formula is C7H12N2O6. The maximum Gasteiger partial charge on any atom is 0.322 e. The molecule has 0 bridgehead atoms. The van der Waals surface area contributed by atoms with Gasteiger partial charge in [0.1, 0.15) is 6.54 Å². The number of carboxylic acid groups (broad SMARTS) is 1. The van der Waals surface area contributed by atoms with Gasteiger partial charge in [-0.3, -0.25) is 9.59 Å². The van der Waals surface area contributed by atoms with Crippen molar-refractivity contribution in [1.29, 1.82) is 0 Å². The molecule has 0 aromatic rings. The second-order valence-electron chi connectivity index (χ2n) is 2.68. The van der Waals surface area contributed by atoms with E-state index in [1.165, 1.54) is 0 Å². The largest absolute Gasteiger partial charge is 0.480 e. The van der Waals surface area contributed by atoms with Gasteiger partial charge in [0.25, 0.3) is 5.09 Å². The van der Waals surface area contributed by atoms with Crippen molar-refractivity contribution in [1.82, 2.24) is 5.32 Å². The molecule has 8 nitrogen and oxygen atoms in total. The Hall–Kier alpha value is -1.86. The molecule has 0 radical (unpaired) electrons. The van der Waals surface area contributed by atoms with Gasteiger partial charge in [0.15, 0.2) is 0 Å². The fourth-order valence-corrected chi connectivity index (χ4v) is 0.789. The number of hydrogen-bond acceptors (Lipinski definition) is 5. The molecule has 0 fully saturated rings. The van der Waals surface area contributed by atoms with E-state index in [2.05, 4.69) is 10.2 Å². The van der Waals surface area contributed by atoms with Gasteiger partial charge in [-0.15, -0.1) is 10.1 Å². The third-order valence-electron chi connectivity index (χ3n) is 1.43. The molecule has 0 aliphatic rings. The fraction of sp³-hybridized carbons (Fsp3) is 0.714. The van der Waals surface area contributed by atoms with Crippen LogP contribution < -0.4 is 5.32 Å². The van der Waals surface area contributed by atoms with E-state index in [1.54, 1.807) is 0 Å². The zero-order valence-corrected chi connectivity index (χ0v) is 7.97. The molecule has 0 saturated heterocycles. The first kappa shape index (κ1) is 13.1. The molecule has 0 unspecified atom stereocenters. The van der Waals surface area contributed by atoms with E-state index in [9.17, 15) is 19.7 Å². The van der Waals surface area contributed by atoms with Crippen LogP contribution in [0.15, 0.2) is 0 Å². The molecule has 2 N–H and O–H groups in total. The number of nitrogens with one attached hydrogen (secondary N) is 1. The minimum atomic E-state index is -1.11. The Balaban J connectivity index is 3.31. The predicted octanol–water partition coefficient (Wildman–Crippen LogP) is -0.434.